The Kier molecular flexibility index (Phi) is 7.00. The van der Waals surface area contributed by atoms with Gasteiger partial charge in [-0.2, -0.15) is 22.0 Å². The number of Topliss-reactive ketones (excluding diaryl/α,β-unsaturated/α-hetero) is 1. The summed E-state index contributed by atoms with van der Waals surface area (Å²) < 4.78 is 72.5. The van der Waals surface area contributed by atoms with Crippen LogP contribution in [0.1, 0.15) is 48.0 Å². The number of fused-ring (bicyclic) bond motifs is 2. The third kappa shape index (κ3) is 5.57. The first kappa shape index (κ1) is 24.9. The molecule has 2 fully saturated rings. The van der Waals surface area contributed by atoms with Crippen LogP contribution in [0.4, 0.5) is 26.7 Å². The fourth-order valence-corrected chi connectivity index (χ4v) is 4.82. The lowest BCUT2D eigenvalue weighted by molar-refractivity contribution is -0.360. The van der Waals surface area contributed by atoms with Crippen LogP contribution in [0.5, 0.6) is 5.75 Å². The molecule has 2 bridgehead atoms. The summed E-state index contributed by atoms with van der Waals surface area (Å²) in [7, 11) is 0. The van der Waals surface area contributed by atoms with E-state index in [-0.39, 0.29) is 30.0 Å². The lowest BCUT2D eigenvalue weighted by Crippen LogP contribution is -2.55. The molecule has 188 valence electrons. The zero-order chi connectivity index (χ0) is 25.2. The van der Waals surface area contributed by atoms with Crippen LogP contribution < -0.4 is 4.74 Å². The van der Waals surface area contributed by atoms with E-state index in [1.54, 1.807) is 4.90 Å². The van der Waals surface area contributed by atoms with Crippen LogP contribution in [0, 0.1) is 5.92 Å². The topological polar surface area (TPSA) is 55.8 Å². The van der Waals surface area contributed by atoms with Crippen molar-refractivity contribution in [3.8, 4) is 5.75 Å². The fourth-order valence-electron chi connectivity index (χ4n) is 4.82. The monoisotopic (exact) mass is 497 g/mol. The number of hydrogen-bond donors (Lipinski definition) is 0. The maximum atomic E-state index is 13.1. The molecular weight excluding hydrogens is 473 g/mol. The van der Waals surface area contributed by atoms with Gasteiger partial charge in [-0.15, -0.1) is 0 Å². The molecule has 0 N–H and O–H groups in total. The van der Waals surface area contributed by atoms with Gasteiger partial charge in [0.05, 0.1) is 0 Å². The van der Waals surface area contributed by atoms with Crippen molar-refractivity contribution < 1.29 is 41.0 Å². The van der Waals surface area contributed by atoms with Crippen LogP contribution >= 0.6 is 0 Å². The Labute approximate surface area is 198 Å². The first-order valence-corrected chi connectivity index (χ1v) is 11.3. The van der Waals surface area contributed by atoms with Gasteiger partial charge in [0, 0.05) is 23.6 Å². The summed E-state index contributed by atoms with van der Waals surface area (Å²) >= 11 is 0. The molecule has 2 aromatic carbocycles. The van der Waals surface area contributed by atoms with Gasteiger partial charge in [-0.1, -0.05) is 30.3 Å². The molecule has 0 spiro atoms. The number of ether oxygens (including phenoxy) is 2. The Morgan fingerprint density at radius 3 is 2.06 bits per heavy atom. The molecule has 1 amide bonds. The number of piperidine rings is 2. The smallest absolute Gasteiger partial charge is 0.445 e. The number of amides is 1. The van der Waals surface area contributed by atoms with Gasteiger partial charge in [-0.3, -0.25) is 4.79 Å². The van der Waals surface area contributed by atoms with E-state index < -0.39 is 30.0 Å². The van der Waals surface area contributed by atoms with Crippen LogP contribution in [0.25, 0.3) is 0 Å². The Bertz CT molecular complexity index is 1030. The molecule has 2 saturated heterocycles. The van der Waals surface area contributed by atoms with Crippen molar-refractivity contribution in [2.24, 2.45) is 5.92 Å². The van der Waals surface area contributed by atoms with Gasteiger partial charge in [-0.05, 0) is 61.9 Å². The van der Waals surface area contributed by atoms with Gasteiger partial charge < -0.3 is 14.4 Å². The lowest BCUT2D eigenvalue weighted by atomic mass is 9.76. The number of carbonyl (C=O) groups is 2. The molecule has 2 aliphatic rings. The number of ketones is 1. The van der Waals surface area contributed by atoms with E-state index in [0.29, 0.717) is 12.8 Å². The van der Waals surface area contributed by atoms with E-state index in [4.69, 9.17) is 4.74 Å². The Balaban J connectivity index is 1.39. The average Bonchev–Trinajstić information content (AvgIpc) is 2.81. The van der Waals surface area contributed by atoms with E-state index >= 15 is 0 Å². The number of nitrogens with zero attached hydrogens (tertiary/aromatic N) is 1. The first-order valence-electron chi connectivity index (χ1n) is 11.3. The molecule has 10 heteroatoms. The van der Waals surface area contributed by atoms with E-state index in [1.165, 1.54) is 12.1 Å². The second-order valence-electron chi connectivity index (χ2n) is 8.86. The first-order chi connectivity index (χ1) is 16.5. The van der Waals surface area contributed by atoms with Crippen molar-refractivity contribution in [3.05, 3.63) is 65.7 Å². The Hall–Kier alpha value is -3.17. The molecule has 2 heterocycles. The highest BCUT2D eigenvalue weighted by atomic mass is 19.4. The van der Waals surface area contributed by atoms with Crippen molar-refractivity contribution in [2.75, 3.05) is 0 Å². The number of halogens is 5. The van der Waals surface area contributed by atoms with Crippen molar-refractivity contribution in [1.82, 2.24) is 4.90 Å². The second kappa shape index (κ2) is 9.83. The molecular formula is C25H24F5NO4. The van der Waals surface area contributed by atoms with Crippen molar-refractivity contribution in [1.29, 1.82) is 0 Å². The van der Waals surface area contributed by atoms with Crippen LogP contribution in [0.3, 0.4) is 0 Å². The van der Waals surface area contributed by atoms with Crippen LogP contribution in [-0.2, 0) is 11.3 Å². The predicted molar refractivity (Wildman–Crippen MR) is 115 cm³/mol. The van der Waals surface area contributed by atoms with Gasteiger partial charge in [0.15, 0.2) is 5.78 Å². The lowest BCUT2D eigenvalue weighted by Gasteiger charge is -2.47. The van der Waals surface area contributed by atoms with E-state index in [2.05, 4.69) is 4.74 Å². The third-order valence-electron chi connectivity index (χ3n) is 6.48. The van der Waals surface area contributed by atoms with Crippen LogP contribution in [0.2, 0.25) is 0 Å². The number of rotatable bonds is 6. The summed E-state index contributed by atoms with van der Waals surface area (Å²) in [5.74, 6) is -1.34. The summed E-state index contributed by atoms with van der Waals surface area (Å²) in [4.78, 5) is 27.6. The quantitative estimate of drug-likeness (QED) is 0.344. The minimum atomic E-state index is -5.85. The number of alkyl halides is 5. The number of benzene rings is 2. The minimum Gasteiger partial charge on any atom is -0.445 e. The van der Waals surface area contributed by atoms with Crippen molar-refractivity contribution >= 4 is 11.9 Å². The molecule has 0 saturated carbocycles. The van der Waals surface area contributed by atoms with Gasteiger partial charge in [-0.25, -0.2) is 4.79 Å². The highest BCUT2D eigenvalue weighted by Crippen LogP contribution is 2.40. The summed E-state index contributed by atoms with van der Waals surface area (Å²) in [6, 6.07) is 13.2. The van der Waals surface area contributed by atoms with Gasteiger partial charge in [0.2, 0.25) is 0 Å². The zero-order valence-electron chi connectivity index (χ0n) is 18.6. The van der Waals surface area contributed by atoms with Gasteiger partial charge >= 0.3 is 18.4 Å². The van der Waals surface area contributed by atoms with Crippen LogP contribution in [0.15, 0.2) is 54.6 Å². The van der Waals surface area contributed by atoms with Gasteiger partial charge in [0.25, 0.3) is 0 Å². The second-order valence-corrected chi connectivity index (χ2v) is 8.86. The summed E-state index contributed by atoms with van der Waals surface area (Å²) in [6.45, 7) is 0.153. The van der Waals surface area contributed by atoms with Gasteiger partial charge in [0.1, 0.15) is 12.4 Å². The van der Waals surface area contributed by atoms with E-state index in [0.717, 1.165) is 37.0 Å². The summed E-state index contributed by atoms with van der Waals surface area (Å²) in [5, 5.41) is 0. The Morgan fingerprint density at radius 1 is 0.886 bits per heavy atom. The predicted octanol–water partition coefficient (Wildman–Crippen LogP) is 6.37. The molecule has 5 nitrogen and oxygen atoms in total. The SMILES string of the molecule is O=C(c1ccc(OC(F)(F)C(F)(F)F)cc1)C1CC2CCCC(C1)N2C(=O)OCc1ccccc1. The molecule has 2 atom stereocenters. The largest absolute Gasteiger partial charge is 0.499 e. The molecule has 2 aromatic rings. The van der Waals surface area contributed by atoms with E-state index in [9.17, 15) is 31.5 Å². The van der Waals surface area contributed by atoms with E-state index in [1.807, 2.05) is 30.3 Å². The molecule has 2 unspecified atom stereocenters. The minimum absolute atomic E-state index is 0.153. The molecule has 0 aromatic heterocycles. The fraction of sp³-hybridized carbons (Fsp3) is 0.440. The third-order valence-corrected chi connectivity index (χ3v) is 6.48. The molecule has 0 radical (unpaired) electrons. The molecule has 4 rings (SSSR count). The molecule has 35 heavy (non-hydrogen) atoms. The molecule has 2 aliphatic heterocycles. The highest BCUT2D eigenvalue weighted by Gasteiger charge is 2.61. The average molecular weight is 497 g/mol. The zero-order valence-corrected chi connectivity index (χ0v) is 18.6. The van der Waals surface area contributed by atoms with Crippen molar-refractivity contribution in [2.45, 2.75) is 63.1 Å². The van der Waals surface area contributed by atoms with Crippen LogP contribution in [-0.4, -0.2) is 41.1 Å². The maximum absolute atomic E-state index is 13.1. The summed E-state index contributed by atoms with van der Waals surface area (Å²) in [6.07, 6.45) is -8.34. The summed E-state index contributed by atoms with van der Waals surface area (Å²) in [5.41, 5.74) is 1.06. The highest BCUT2D eigenvalue weighted by molar-refractivity contribution is 5.98. The Morgan fingerprint density at radius 2 is 1.49 bits per heavy atom. The number of carbonyl (C=O) groups excluding carboxylic acids is 2. The maximum Gasteiger partial charge on any atom is 0.499 e. The number of hydrogen-bond acceptors (Lipinski definition) is 4. The normalized spacial score (nSPS) is 22.4. The standard InChI is InChI=1S/C25H24F5NO4/c26-24(27,28)25(29,30)35-21-11-9-17(10-12-21)22(32)18-13-19-7-4-8-20(14-18)31(19)23(33)34-15-16-5-2-1-3-6-16/h1-3,5-6,9-12,18-20H,4,7-8,13-15H2. The molecule has 0 aliphatic carbocycles. The van der Waals surface area contributed by atoms with Crippen molar-refractivity contribution in [3.63, 3.8) is 0 Å².